The molecule has 0 aliphatic carbocycles. The van der Waals surface area contributed by atoms with Crippen LogP contribution >= 0.6 is 0 Å². The molecule has 0 aliphatic heterocycles. The lowest BCUT2D eigenvalue weighted by molar-refractivity contribution is -0.121. The second-order valence-electron chi connectivity index (χ2n) is 4.27. The summed E-state index contributed by atoms with van der Waals surface area (Å²) in [6, 6.07) is 0. The maximum atomic E-state index is 11.5. The van der Waals surface area contributed by atoms with Crippen LogP contribution in [0.15, 0.2) is 12.5 Å². The first-order chi connectivity index (χ1) is 7.61. The lowest BCUT2D eigenvalue weighted by Gasteiger charge is -2.07. The Labute approximate surface area is 96.0 Å². The third-order valence-corrected chi connectivity index (χ3v) is 2.27. The van der Waals surface area contributed by atoms with Crippen LogP contribution < -0.4 is 11.1 Å². The maximum Gasteiger partial charge on any atom is 0.239 e. The van der Waals surface area contributed by atoms with Crippen LogP contribution in [-0.2, 0) is 17.9 Å². The van der Waals surface area contributed by atoms with Crippen LogP contribution in [0.4, 0.5) is 0 Å². The van der Waals surface area contributed by atoms with Crippen molar-refractivity contribution in [1.29, 1.82) is 0 Å². The van der Waals surface area contributed by atoms with Crippen molar-refractivity contribution in [3.05, 3.63) is 18.2 Å². The molecule has 1 aromatic heterocycles. The number of hydrogen-bond acceptors (Lipinski definition) is 3. The van der Waals surface area contributed by atoms with Crippen molar-refractivity contribution in [3.8, 4) is 0 Å². The maximum absolute atomic E-state index is 11.5. The van der Waals surface area contributed by atoms with Crippen molar-refractivity contribution in [3.63, 3.8) is 0 Å². The SMILES string of the molecule is CC(C)CCNC(=O)Cn1cnc(CN)c1. The number of amides is 1. The summed E-state index contributed by atoms with van der Waals surface area (Å²) in [5.74, 6) is 0.624. The summed E-state index contributed by atoms with van der Waals surface area (Å²) in [7, 11) is 0. The van der Waals surface area contributed by atoms with Gasteiger partial charge in [0.1, 0.15) is 6.54 Å². The van der Waals surface area contributed by atoms with E-state index in [4.69, 9.17) is 5.73 Å². The van der Waals surface area contributed by atoms with Crippen LogP contribution in [0.3, 0.4) is 0 Å². The van der Waals surface area contributed by atoms with Gasteiger partial charge in [-0.3, -0.25) is 4.79 Å². The van der Waals surface area contributed by atoms with Crippen LogP contribution in [0, 0.1) is 5.92 Å². The van der Waals surface area contributed by atoms with Crippen molar-refractivity contribution in [2.75, 3.05) is 6.54 Å². The fourth-order valence-electron chi connectivity index (χ4n) is 1.32. The number of hydrogen-bond donors (Lipinski definition) is 2. The average Bonchev–Trinajstić information content (AvgIpc) is 2.65. The zero-order valence-electron chi connectivity index (χ0n) is 9.94. The van der Waals surface area contributed by atoms with E-state index in [1.807, 2.05) is 0 Å². The zero-order valence-corrected chi connectivity index (χ0v) is 9.94. The average molecular weight is 224 g/mol. The molecule has 0 spiro atoms. The predicted molar refractivity (Wildman–Crippen MR) is 62.6 cm³/mol. The molecule has 0 unspecified atom stereocenters. The summed E-state index contributed by atoms with van der Waals surface area (Å²) in [4.78, 5) is 15.6. The number of aromatic nitrogens is 2. The molecule has 0 saturated carbocycles. The Kier molecular flexibility index (Phi) is 4.98. The molecule has 5 nitrogen and oxygen atoms in total. The highest BCUT2D eigenvalue weighted by molar-refractivity contribution is 5.75. The summed E-state index contributed by atoms with van der Waals surface area (Å²) in [5, 5.41) is 2.87. The van der Waals surface area contributed by atoms with Crippen molar-refractivity contribution in [2.24, 2.45) is 11.7 Å². The molecular formula is C11H20N4O. The van der Waals surface area contributed by atoms with Gasteiger partial charge in [-0.15, -0.1) is 0 Å². The van der Waals surface area contributed by atoms with Gasteiger partial charge in [-0.05, 0) is 12.3 Å². The van der Waals surface area contributed by atoms with Gasteiger partial charge in [0.2, 0.25) is 5.91 Å². The zero-order chi connectivity index (χ0) is 12.0. The van der Waals surface area contributed by atoms with Gasteiger partial charge in [-0.1, -0.05) is 13.8 Å². The molecule has 0 saturated heterocycles. The second-order valence-corrected chi connectivity index (χ2v) is 4.27. The fraction of sp³-hybridized carbons (Fsp3) is 0.636. The summed E-state index contributed by atoms with van der Waals surface area (Å²) in [6.45, 7) is 5.72. The third-order valence-electron chi connectivity index (χ3n) is 2.27. The van der Waals surface area contributed by atoms with E-state index in [2.05, 4.69) is 24.1 Å². The highest BCUT2D eigenvalue weighted by Gasteiger charge is 2.03. The molecular weight excluding hydrogens is 204 g/mol. The molecule has 1 amide bonds. The van der Waals surface area contributed by atoms with E-state index in [1.165, 1.54) is 0 Å². The van der Waals surface area contributed by atoms with E-state index in [-0.39, 0.29) is 5.91 Å². The minimum Gasteiger partial charge on any atom is -0.355 e. The Morgan fingerprint density at radius 2 is 2.38 bits per heavy atom. The largest absolute Gasteiger partial charge is 0.355 e. The highest BCUT2D eigenvalue weighted by Crippen LogP contribution is 1.97. The Morgan fingerprint density at radius 1 is 1.62 bits per heavy atom. The monoisotopic (exact) mass is 224 g/mol. The summed E-state index contributed by atoms with van der Waals surface area (Å²) < 4.78 is 1.74. The lowest BCUT2D eigenvalue weighted by atomic mass is 10.1. The van der Waals surface area contributed by atoms with E-state index < -0.39 is 0 Å². The lowest BCUT2D eigenvalue weighted by Crippen LogP contribution is -2.28. The Morgan fingerprint density at radius 3 is 2.94 bits per heavy atom. The van der Waals surface area contributed by atoms with Gasteiger partial charge < -0.3 is 15.6 Å². The number of nitrogens with two attached hydrogens (primary N) is 1. The van der Waals surface area contributed by atoms with E-state index >= 15 is 0 Å². The first kappa shape index (κ1) is 12.7. The smallest absolute Gasteiger partial charge is 0.239 e. The molecule has 1 heterocycles. The minimum atomic E-state index is 0.0154. The molecule has 90 valence electrons. The molecule has 0 aliphatic rings. The summed E-state index contributed by atoms with van der Waals surface area (Å²) in [5.41, 5.74) is 6.23. The standard InChI is InChI=1S/C11H20N4O/c1-9(2)3-4-13-11(16)7-15-6-10(5-12)14-8-15/h6,8-9H,3-5,7,12H2,1-2H3,(H,13,16). The Bertz CT molecular complexity index is 332. The van der Waals surface area contributed by atoms with E-state index in [0.29, 0.717) is 19.0 Å². The first-order valence-corrected chi connectivity index (χ1v) is 5.59. The normalized spacial score (nSPS) is 10.8. The van der Waals surface area contributed by atoms with Crippen LogP contribution in [0.5, 0.6) is 0 Å². The van der Waals surface area contributed by atoms with Crippen molar-refractivity contribution >= 4 is 5.91 Å². The second kappa shape index (κ2) is 6.27. The number of carbonyl (C=O) groups is 1. The Balaban J connectivity index is 2.28. The molecule has 1 aromatic rings. The number of rotatable bonds is 6. The van der Waals surface area contributed by atoms with Crippen molar-refractivity contribution in [2.45, 2.75) is 33.4 Å². The molecule has 0 fully saturated rings. The van der Waals surface area contributed by atoms with Crippen molar-refractivity contribution < 1.29 is 4.79 Å². The molecule has 0 radical (unpaired) electrons. The predicted octanol–water partition coefficient (Wildman–Crippen LogP) is 0.504. The summed E-state index contributed by atoms with van der Waals surface area (Å²) in [6.07, 6.45) is 4.43. The molecule has 0 bridgehead atoms. The van der Waals surface area contributed by atoms with Crippen LogP contribution in [0.25, 0.3) is 0 Å². The van der Waals surface area contributed by atoms with Crippen LogP contribution in [-0.4, -0.2) is 22.0 Å². The van der Waals surface area contributed by atoms with Gasteiger partial charge in [0.15, 0.2) is 0 Å². The molecule has 0 atom stereocenters. The molecule has 0 aromatic carbocycles. The number of nitrogens with one attached hydrogen (secondary N) is 1. The fourth-order valence-corrected chi connectivity index (χ4v) is 1.32. The van der Waals surface area contributed by atoms with Gasteiger partial charge in [-0.25, -0.2) is 4.98 Å². The molecule has 3 N–H and O–H groups in total. The van der Waals surface area contributed by atoms with E-state index in [0.717, 1.165) is 18.7 Å². The van der Waals surface area contributed by atoms with Crippen LogP contribution in [0.2, 0.25) is 0 Å². The van der Waals surface area contributed by atoms with Gasteiger partial charge >= 0.3 is 0 Å². The van der Waals surface area contributed by atoms with Crippen LogP contribution in [0.1, 0.15) is 26.0 Å². The Hall–Kier alpha value is -1.36. The highest BCUT2D eigenvalue weighted by atomic mass is 16.1. The van der Waals surface area contributed by atoms with Gasteiger partial charge in [-0.2, -0.15) is 0 Å². The van der Waals surface area contributed by atoms with Crippen molar-refractivity contribution in [1.82, 2.24) is 14.9 Å². The number of imidazole rings is 1. The van der Waals surface area contributed by atoms with Gasteiger partial charge in [0.05, 0.1) is 12.0 Å². The third kappa shape index (κ3) is 4.44. The topological polar surface area (TPSA) is 72.9 Å². The first-order valence-electron chi connectivity index (χ1n) is 5.59. The quantitative estimate of drug-likeness (QED) is 0.739. The minimum absolute atomic E-state index is 0.0154. The number of carbonyl (C=O) groups excluding carboxylic acids is 1. The summed E-state index contributed by atoms with van der Waals surface area (Å²) >= 11 is 0. The van der Waals surface area contributed by atoms with Gasteiger partial charge in [0.25, 0.3) is 0 Å². The molecule has 16 heavy (non-hydrogen) atoms. The molecule has 5 heteroatoms. The molecule has 1 rings (SSSR count). The number of nitrogens with zero attached hydrogens (tertiary/aromatic N) is 2. The van der Waals surface area contributed by atoms with E-state index in [1.54, 1.807) is 17.1 Å². The van der Waals surface area contributed by atoms with Gasteiger partial charge in [0, 0.05) is 19.3 Å². The van der Waals surface area contributed by atoms with E-state index in [9.17, 15) is 4.79 Å².